The normalized spacial score (nSPS) is 19.1. The maximum atomic E-state index is 10.8. The Labute approximate surface area is 127 Å². The summed E-state index contributed by atoms with van der Waals surface area (Å²) in [7, 11) is 0. The Morgan fingerprint density at radius 3 is 2.55 bits per heavy atom. The van der Waals surface area contributed by atoms with Crippen LogP contribution in [0.3, 0.4) is 0 Å². The van der Waals surface area contributed by atoms with Crippen LogP contribution in [0.15, 0.2) is 12.1 Å². The highest BCUT2D eigenvalue weighted by molar-refractivity contribution is 6.39. The molecular formula is C13H16Cl2N2O3. The van der Waals surface area contributed by atoms with Crippen molar-refractivity contribution in [2.24, 2.45) is 0 Å². The Balaban J connectivity index is 2.37. The van der Waals surface area contributed by atoms with Crippen LogP contribution in [0, 0.1) is 10.1 Å². The number of nitro benzene ring substituents is 1. The Bertz CT molecular complexity index is 485. The molecule has 0 amide bonds. The summed E-state index contributed by atoms with van der Waals surface area (Å²) in [6, 6.07) is 2.83. The Kier molecular flexibility index (Phi) is 5.07. The van der Waals surface area contributed by atoms with Gasteiger partial charge in [0.05, 0.1) is 20.7 Å². The first-order valence-electron chi connectivity index (χ1n) is 6.55. The van der Waals surface area contributed by atoms with E-state index in [0.717, 1.165) is 25.8 Å². The van der Waals surface area contributed by atoms with Gasteiger partial charge >= 0.3 is 0 Å². The van der Waals surface area contributed by atoms with E-state index in [1.807, 2.05) is 0 Å². The van der Waals surface area contributed by atoms with Crippen LogP contribution in [0.5, 0.6) is 0 Å². The van der Waals surface area contributed by atoms with Crippen molar-refractivity contribution < 1.29 is 10.0 Å². The summed E-state index contributed by atoms with van der Waals surface area (Å²) in [6.45, 7) is 0.894. The molecule has 5 nitrogen and oxygen atoms in total. The lowest BCUT2D eigenvalue weighted by molar-refractivity contribution is -0.384. The topological polar surface area (TPSA) is 66.6 Å². The van der Waals surface area contributed by atoms with Gasteiger partial charge in [-0.15, -0.1) is 0 Å². The van der Waals surface area contributed by atoms with Crippen molar-refractivity contribution in [2.45, 2.75) is 31.7 Å². The van der Waals surface area contributed by atoms with E-state index in [2.05, 4.69) is 4.90 Å². The van der Waals surface area contributed by atoms with Gasteiger partial charge in [0.25, 0.3) is 5.69 Å². The smallest absolute Gasteiger partial charge is 0.272 e. The summed E-state index contributed by atoms with van der Waals surface area (Å²) in [6.07, 6.45) is 3.73. The van der Waals surface area contributed by atoms with Crippen molar-refractivity contribution in [1.82, 2.24) is 0 Å². The van der Waals surface area contributed by atoms with Gasteiger partial charge in [0, 0.05) is 31.3 Å². The molecule has 1 atom stereocenters. The van der Waals surface area contributed by atoms with Crippen LogP contribution in [0.4, 0.5) is 11.4 Å². The molecule has 1 fully saturated rings. The monoisotopic (exact) mass is 318 g/mol. The van der Waals surface area contributed by atoms with E-state index < -0.39 is 4.92 Å². The molecule has 110 valence electrons. The number of nitrogens with zero attached hydrogens (tertiary/aromatic N) is 2. The van der Waals surface area contributed by atoms with Crippen LogP contribution in [0.2, 0.25) is 10.0 Å². The molecule has 0 radical (unpaired) electrons. The van der Waals surface area contributed by atoms with Crippen molar-refractivity contribution in [3.63, 3.8) is 0 Å². The number of anilines is 1. The highest BCUT2D eigenvalue weighted by atomic mass is 35.5. The van der Waals surface area contributed by atoms with Crippen LogP contribution in [0.25, 0.3) is 0 Å². The molecule has 1 aliphatic heterocycles. The highest BCUT2D eigenvalue weighted by Gasteiger charge is 2.27. The van der Waals surface area contributed by atoms with Gasteiger partial charge in [0.1, 0.15) is 0 Å². The third-order valence-corrected chi connectivity index (χ3v) is 4.17. The standard InChI is InChI=1S/C13H16Cl2N2O3/c14-11-7-10(17(19)20)8-12(15)13(11)16-5-2-1-3-9(16)4-6-18/h7-9,18H,1-6H2. The predicted molar refractivity (Wildman–Crippen MR) is 79.8 cm³/mol. The fourth-order valence-electron chi connectivity index (χ4n) is 2.68. The summed E-state index contributed by atoms with van der Waals surface area (Å²) < 4.78 is 0. The second-order valence-corrected chi connectivity index (χ2v) is 5.68. The molecule has 1 saturated heterocycles. The summed E-state index contributed by atoms with van der Waals surface area (Å²) in [5, 5.41) is 20.5. The fourth-order valence-corrected chi connectivity index (χ4v) is 3.37. The van der Waals surface area contributed by atoms with E-state index in [0.29, 0.717) is 12.1 Å². The molecule has 1 N–H and O–H groups in total. The molecule has 1 aromatic rings. The van der Waals surface area contributed by atoms with Crippen LogP contribution in [-0.2, 0) is 0 Å². The molecule has 1 heterocycles. The molecular weight excluding hydrogens is 303 g/mol. The summed E-state index contributed by atoms with van der Waals surface area (Å²) in [5.74, 6) is 0. The summed E-state index contributed by atoms with van der Waals surface area (Å²) in [4.78, 5) is 12.4. The average Bonchev–Trinajstić information content (AvgIpc) is 2.40. The average molecular weight is 319 g/mol. The quantitative estimate of drug-likeness (QED) is 0.679. The maximum absolute atomic E-state index is 10.8. The molecule has 0 spiro atoms. The number of aliphatic hydroxyl groups is 1. The van der Waals surface area contributed by atoms with Gasteiger partial charge in [-0.2, -0.15) is 0 Å². The molecule has 1 aliphatic rings. The number of hydrogen-bond donors (Lipinski definition) is 1. The van der Waals surface area contributed by atoms with Gasteiger partial charge in [-0.1, -0.05) is 23.2 Å². The van der Waals surface area contributed by atoms with Crippen LogP contribution in [-0.4, -0.2) is 29.2 Å². The van der Waals surface area contributed by atoms with Crippen molar-refractivity contribution in [3.05, 3.63) is 32.3 Å². The second-order valence-electron chi connectivity index (χ2n) is 4.87. The number of nitro groups is 1. The molecule has 2 rings (SSSR count). The van der Waals surface area contributed by atoms with Gasteiger partial charge in [0.2, 0.25) is 0 Å². The van der Waals surface area contributed by atoms with Crippen molar-refractivity contribution in [1.29, 1.82) is 0 Å². The van der Waals surface area contributed by atoms with Gasteiger partial charge in [-0.25, -0.2) is 0 Å². The van der Waals surface area contributed by atoms with E-state index in [1.165, 1.54) is 12.1 Å². The van der Waals surface area contributed by atoms with E-state index in [4.69, 9.17) is 28.3 Å². The lowest BCUT2D eigenvalue weighted by Crippen LogP contribution is -2.40. The highest BCUT2D eigenvalue weighted by Crippen LogP contribution is 2.40. The minimum Gasteiger partial charge on any atom is -0.396 e. The van der Waals surface area contributed by atoms with E-state index in [-0.39, 0.29) is 28.4 Å². The molecule has 0 aliphatic carbocycles. The molecule has 1 unspecified atom stereocenters. The van der Waals surface area contributed by atoms with Crippen LogP contribution < -0.4 is 4.90 Å². The second kappa shape index (κ2) is 6.61. The zero-order valence-corrected chi connectivity index (χ0v) is 12.4. The zero-order chi connectivity index (χ0) is 14.7. The minimum atomic E-state index is -0.511. The number of piperidine rings is 1. The van der Waals surface area contributed by atoms with Crippen molar-refractivity contribution in [3.8, 4) is 0 Å². The first-order chi connectivity index (χ1) is 9.54. The first kappa shape index (κ1) is 15.4. The number of non-ortho nitro benzene ring substituents is 1. The van der Waals surface area contributed by atoms with Gasteiger partial charge in [-0.3, -0.25) is 10.1 Å². The van der Waals surface area contributed by atoms with Crippen LogP contribution >= 0.6 is 23.2 Å². The van der Waals surface area contributed by atoms with Crippen molar-refractivity contribution in [2.75, 3.05) is 18.1 Å². The Morgan fingerprint density at radius 1 is 1.35 bits per heavy atom. The molecule has 1 aromatic carbocycles. The number of benzene rings is 1. The fraction of sp³-hybridized carbons (Fsp3) is 0.538. The molecule has 0 aromatic heterocycles. The van der Waals surface area contributed by atoms with Gasteiger partial charge in [0.15, 0.2) is 0 Å². The number of aliphatic hydroxyl groups excluding tert-OH is 1. The summed E-state index contributed by atoms with van der Waals surface area (Å²) >= 11 is 12.4. The zero-order valence-electron chi connectivity index (χ0n) is 10.9. The maximum Gasteiger partial charge on any atom is 0.272 e. The van der Waals surface area contributed by atoms with E-state index in [1.54, 1.807) is 0 Å². The van der Waals surface area contributed by atoms with Crippen molar-refractivity contribution >= 4 is 34.6 Å². The molecule has 20 heavy (non-hydrogen) atoms. The number of rotatable bonds is 4. The van der Waals surface area contributed by atoms with Crippen LogP contribution in [0.1, 0.15) is 25.7 Å². The molecule has 7 heteroatoms. The Hall–Kier alpha value is -1.04. The first-order valence-corrected chi connectivity index (χ1v) is 7.31. The van der Waals surface area contributed by atoms with E-state index >= 15 is 0 Å². The number of halogens is 2. The predicted octanol–water partition coefficient (Wildman–Crippen LogP) is 3.64. The van der Waals surface area contributed by atoms with Gasteiger partial charge in [-0.05, 0) is 25.7 Å². The summed E-state index contributed by atoms with van der Waals surface area (Å²) in [5.41, 5.74) is 0.525. The number of hydrogen-bond acceptors (Lipinski definition) is 4. The Morgan fingerprint density at radius 2 is 2.00 bits per heavy atom. The SMILES string of the molecule is O=[N+]([O-])c1cc(Cl)c(N2CCCCC2CCO)c(Cl)c1. The largest absolute Gasteiger partial charge is 0.396 e. The minimum absolute atomic E-state index is 0.101. The van der Waals surface area contributed by atoms with E-state index in [9.17, 15) is 10.1 Å². The lowest BCUT2D eigenvalue weighted by Gasteiger charge is -2.38. The lowest BCUT2D eigenvalue weighted by atomic mass is 9.98. The molecule has 0 bridgehead atoms. The molecule has 0 saturated carbocycles. The third kappa shape index (κ3) is 3.16. The third-order valence-electron chi connectivity index (χ3n) is 3.59. The van der Waals surface area contributed by atoms with Gasteiger partial charge < -0.3 is 10.0 Å².